The van der Waals surface area contributed by atoms with Gasteiger partial charge in [0.15, 0.2) is 0 Å². The van der Waals surface area contributed by atoms with E-state index >= 15 is 0 Å². The summed E-state index contributed by atoms with van der Waals surface area (Å²) in [5.74, 6) is 0.776. The summed E-state index contributed by atoms with van der Waals surface area (Å²) in [6, 6.07) is 0. The summed E-state index contributed by atoms with van der Waals surface area (Å²) in [5.41, 5.74) is 0. The maximum Gasteiger partial charge on any atom is 0.115 e. The highest BCUT2D eigenvalue weighted by molar-refractivity contribution is 7.80. The predicted octanol–water partition coefficient (Wildman–Crippen LogP) is 2.39. The first-order valence-electron chi connectivity index (χ1n) is 3.03. The average molecular weight is 171 g/mol. The van der Waals surface area contributed by atoms with Gasteiger partial charge in [0.05, 0.1) is 0 Å². The van der Waals surface area contributed by atoms with Gasteiger partial charge in [0, 0.05) is 16.8 Å². The molecule has 0 aromatic carbocycles. The van der Waals surface area contributed by atoms with Crippen LogP contribution in [-0.4, -0.2) is 10.7 Å². The van der Waals surface area contributed by atoms with Crippen LogP contribution in [0.3, 0.4) is 0 Å². The molecule has 1 rings (SSSR count). The van der Waals surface area contributed by atoms with Crippen LogP contribution in [0.2, 0.25) is 0 Å². The third kappa shape index (κ3) is 2.15. The molecule has 1 heterocycles. The Morgan fingerprint density at radius 3 is 3.10 bits per heavy atom. The minimum Gasteiger partial charge on any atom is -0.245 e. The highest BCUT2D eigenvalue weighted by atomic mass is 32.1. The Hall–Kier alpha value is -0.280. The summed E-state index contributed by atoms with van der Waals surface area (Å²) in [4.78, 5) is 5.40. The Kier molecular flexibility index (Phi) is 2.96. The molecule has 0 amide bonds. The third-order valence-corrected chi connectivity index (χ3v) is 2.09. The second-order valence-electron chi connectivity index (χ2n) is 1.89. The first-order valence-corrected chi connectivity index (χ1v) is 4.47. The predicted molar refractivity (Wildman–Crippen MR) is 49.7 cm³/mol. The van der Waals surface area contributed by atoms with E-state index < -0.39 is 0 Å². The van der Waals surface area contributed by atoms with E-state index in [-0.39, 0.29) is 0 Å². The van der Waals surface area contributed by atoms with Gasteiger partial charge in [-0.15, -0.1) is 11.3 Å². The summed E-state index contributed by atoms with van der Waals surface area (Å²) in [6.45, 7) is 2.05. The van der Waals surface area contributed by atoms with E-state index in [1.807, 2.05) is 18.3 Å². The summed E-state index contributed by atoms with van der Waals surface area (Å²) in [5, 5.41) is 1.06. The van der Waals surface area contributed by atoms with E-state index in [0.29, 0.717) is 0 Å². The fourth-order valence-electron chi connectivity index (χ4n) is 0.603. The van der Waals surface area contributed by atoms with Crippen LogP contribution in [0, 0.1) is 6.92 Å². The zero-order chi connectivity index (χ0) is 7.40. The smallest absolute Gasteiger partial charge is 0.115 e. The number of hydrogen-bond acceptors (Lipinski definition) is 3. The molecule has 3 heteroatoms. The maximum absolute atomic E-state index is 4.15. The largest absolute Gasteiger partial charge is 0.245 e. The van der Waals surface area contributed by atoms with Crippen molar-refractivity contribution in [2.24, 2.45) is 0 Å². The molecule has 1 aromatic heterocycles. The van der Waals surface area contributed by atoms with E-state index in [1.54, 1.807) is 11.3 Å². The van der Waals surface area contributed by atoms with Gasteiger partial charge in [-0.1, -0.05) is 6.08 Å². The van der Waals surface area contributed by atoms with Gasteiger partial charge in [-0.05, 0) is 13.0 Å². The van der Waals surface area contributed by atoms with Crippen molar-refractivity contribution in [1.29, 1.82) is 0 Å². The van der Waals surface area contributed by atoms with Crippen molar-refractivity contribution in [2.45, 2.75) is 6.92 Å². The normalized spacial score (nSPS) is 11.0. The van der Waals surface area contributed by atoms with Crippen LogP contribution < -0.4 is 0 Å². The van der Waals surface area contributed by atoms with Gasteiger partial charge < -0.3 is 0 Å². The van der Waals surface area contributed by atoms with Crippen molar-refractivity contribution in [2.75, 3.05) is 5.75 Å². The van der Waals surface area contributed by atoms with Crippen molar-refractivity contribution in [1.82, 2.24) is 4.98 Å². The van der Waals surface area contributed by atoms with Gasteiger partial charge in [0.25, 0.3) is 0 Å². The van der Waals surface area contributed by atoms with Crippen LogP contribution in [0.5, 0.6) is 0 Å². The number of thiazole rings is 1. The van der Waals surface area contributed by atoms with Crippen molar-refractivity contribution >= 4 is 30.0 Å². The molecule has 0 saturated carbocycles. The van der Waals surface area contributed by atoms with Crippen molar-refractivity contribution in [3.63, 3.8) is 0 Å². The molecule has 0 bridgehead atoms. The van der Waals surface area contributed by atoms with Gasteiger partial charge >= 0.3 is 0 Å². The Bertz CT molecular complexity index is 227. The lowest BCUT2D eigenvalue weighted by Crippen LogP contribution is -1.64. The van der Waals surface area contributed by atoms with E-state index in [2.05, 4.69) is 24.5 Å². The monoisotopic (exact) mass is 171 g/mol. The topological polar surface area (TPSA) is 12.9 Å². The molecule has 10 heavy (non-hydrogen) atoms. The first kappa shape index (κ1) is 7.82. The fourth-order valence-corrected chi connectivity index (χ4v) is 1.41. The zero-order valence-electron chi connectivity index (χ0n) is 5.74. The lowest BCUT2D eigenvalue weighted by molar-refractivity contribution is 1.36. The SMILES string of the molecule is Cc1cnc(C=CCS)s1. The molecule has 0 radical (unpaired) electrons. The van der Waals surface area contributed by atoms with Crippen LogP contribution in [0.15, 0.2) is 12.3 Å². The maximum atomic E-state index is 4.15. The lowest BCUT2D eigenvalue weighted by Gasteiger charge is -1.78. The van der Waals surface area contributed by atoms with Crippen LogP contribution in [0.25, 0.3) is 6.08 Å². The van der Waals surface area contributed by atoms with Gasteiger partial charge in [-0.25, -0.2) is 4.98 Å². The number of thiol groups is 1. The van der Waals surface area contributed by atoms with Crippen LogP contribution >= 0.6 is 24.0 Å². The molecule has 0 aliphatic heterocycles. The number of rotatable bonds is 2. The molecule has 54 valence electrons. The van der Waals surface area contributed by atoms with Crippen LogP contribution in [-0.2, 0) is 0 Å². The zero-order valence-corrected chi connectivity index (χ0v) is 7.45. The van der Waals surface area contributed by atoms with E-state index in [9.17, 15) is 0 Å². The number of hydrogen-bond donors (Lipinski definition) is 1. The molecule has 0 N–H and O–H groups in total. The number of aryl methyl sites for hydroxylation is 1. The van der Waals surface area contributed by atoms with Crippen molar-refractivity contribution in [3.8, 4) is 0 Å². The van der Waals surface area contributed by atoms with Gasteiger partial charge in [-0.2, -0.15) is 12.6 Å². The number of nitrogens with zero attached hydrogens (tertiary/aromatic N) is 1. The molecular formula is C7H9NS2. The summed E-state index contributed by atoms with van der Waals surface area (Å²) < 4.78 is 0. The fraction of sp³-hybridized carbons (Fsp3) is 0.286. The Labute approximate surface area is 70.2 Å². The minimum absolute atomic E-state index is 0.776. The van der Waals surface area contributed by atoms with Crippen LogP contribution in [0.1, 0.15) is 9.88 Å². The molecule has 0 aliphatic rings. The van der Waals surface area contributed by atoms with Crippen molar-refractivity contribution < 1.29 is 0 Å². The van der Waals surface area contributed by atoms with E-state index in [1.165, 1.54) is 4.88 Å². The lowest BCUT2D eigenvalue weighted by atomic mass is 10.5. The quantitative estimate of drug-likeness (QED) is 0.674. The molecule has 0 atom stereocenters. The molecule has 1 aromatic rings. The van der Waals surface area contributed by atoms with Crippen LogP contribution in [0.4, 0.5) is 0 Å². The van der Waals surface area contributed by atoms with Gasteiger partial charge in [0.1, 0.15) is 5.01 Å². The summed E-state index contributed by atoms with van der Waals surface area (Å²) >= 11 is 5.74. The van der Waals surface area contributed by atoms with Gasteiger partial charge in [0.2, 0.25) is 0 Å². The minimum atomic E-state index is 0.776. The average Bonchev–Trinajstić information content (AvgIpc) is 2.31. The van der Waals surface area contributed by atoms with E-state index in [4.69, 9.17) is 0 Å². The van der Waals surface area contributed by atoms with E-state index in [0.717, 1.165) is 10.8 Å². The molecule has 0 spiro atoms. The third-order valence-electron chi connectivity index (χ3n) is 1.00. The highest BCUT2D eigenvalue weighted by Gasteiger charge is 1.90. The first-order chi connectivity index (χ1) is 4.83. The Morgan fingerprint density at radius 1 is 1.80 bits per heavy atom. The second-order valence-corrected chi connectivity index (χ2v) is 3.53. The Morgan fingerprint density at radius 2 is 2.60 bits per heavy atom. The summed E-state index contributed by atoms with van der Waals surface area (Å²) in [7, 11) is 0. The molecular weight excluding hydrogens is 162 g/mol. The standard InChI is InChI=1S/C7H9NS2/c1-6-5-8-7(10-6)3-2-4-9/h2-3,5,9H,4H2,1H3. The molecule has 1 nitrogen and oxygen atoms in total. The number of aromatic nitrogens is 1. The summed E-state index contributed by atoms with van der Waals surface area (Å²) in [6.07, 6.45) is 5.86. The highest BCUT2D eigenvalue weighted by Crippen LogP contribution is 2.12. The van der Waals surface area contributed by atoms with Gasteiger partial charge in [-0.3, -0.25) is 0 Å². The molecule has 0 saturated heterocycles. The Balaban J connectivity index is 2.67. The molecule has 0 aliphatic carbocycles. The van der Waals surface area contributed by atoms with Crippen molar-refractivity contribution in [3.05, 3.63) is 22.2 Å². The molecule has 0 unspecified atom stereocenters. The molecule has 0 fully saturated rings. The second kappa shape index (κ2) is 3.78.